The fourth-order valence-corrected chi connectivity index (χ4v) is 1.47. The molecule has 1 heterocycles. The number of alkyl halides is 5. The molecule has 0 saturated heterocycles. The predicted octanol–water partition coefficient (Wildman–Crippen LogP) is 3.83. The van der Waals surface area contributed by atoms with Gasteiger partial charge in [0.1, 0.15) is 5.69 Å². The van der Waals surface area contributed by atoms with Crippen molar-refractivity contribution in [1.29, 1.82) is 0 Å². The molecule has 0 atom stereocenters. The molecule has 1 aromatic rings. The predicted molar refractivity (Wildman–Crippen MR) is 53.3 cm³/mol. The van der Waals surface area contributed by atoms with Gasteiger partial charge in [0.25, 0.3) is 6.43 Å². The Hall–Kier alpha value is -0.670. The number of pyridine rings is 1. The van der Waals surface area contributed by atoms with Gasteiger partial charge in [-0.2, -0.15) is 0 Å². The average Bonchev–Trinajstić information content (AvgIpc) is 2.10. The van der Waals surface area contributed by atoms with E-state index in [4.69, 9.17) is 0 Å². The van der Waals surface area contributed by atoms with Crippen LogP contribution in [0.3, 0.4) is 0 Å². The van der Waals surface area contributed by atoms with Crippen molar-refractivity contribution in [3.63, 3.8) is 0 Å². The van der Waals surface area contributed by atoms with Crippen LogP contribution in [0.5, 0.6) is 5.75 Å². The molecule has 0 fully saturated rings. The summed E-state index contributed by atoms with van der Waals surface area (Å²) in [6.45, 7) is 1.45. The van der Waals surface area contributed by atoms with Crippen molar-refractivity contribution < 1.29 is 26.7 Å². The van der Waals surface area contributed by atoms with Gasteiger partial charge < -0.3 is 4.74 Å². The lowest BCUT2D eigenvalue weighted by molar-refractivity contribution is -0.275. The maximum atomic E-state index is 12.4. The first-order valence-electron chi connectivity index (χ1n) is 3.91. The number of hydrogen-bond donors (Lipinski definition) is 0. The summed E-state index contributed by atoms with van der Waals surface area (Å²) < 4.78 is 64.3. The van der Waals surface area contributed by atoms with Crippen LogP contribution in [0.2, 0.25) is 0 Å². The van der Waals surface area contributed by atoms with Gasteiger partial charge in [-0.1, -0.05) is 0 Å². The third-order valence-electron chi connectivity index (χ3n) is 1.60. The highest BCUT2D eigenvalue weighted by atomic mass is 127. The Morgan fingerprint density at radius 1 is 1.38 bits per heavy atom. The molecule has 1 rings (SSSR count). The minimum atomic E-state index is -5.01. The molecule has 0 aliphatic carbocycles. The fraction of sp³-hybridized carbons (Fsp3) is 0.375. The molecule has 0 saturated carbocycles. The second-order valence-corrected chi connectivity index (χ2v) is 3.90. The molecule has 8 heteroatoms. The van der Waals surface area contributed by atoms with Gasteiger partial charge in [0.15, 0.2) is 5.75 Å². The first-order valence-corrected chi connectivity index (χ1v) is 4.99. The van der Waals surface area contributed by atoms with Crippen molar-refractivity contribution in [3.8, 4) is 5.75 Å². The maximum absolute atomic E-state index is 12.4. The zero-order valence-electron chi connectivity index (χ0n) is 7.78. The van der Waals surface area contributed by atoms with Crippen LogP contribution in [0.1, 0.15) is 17.7 Å². The standard InChI is InChI=1S/C8H5F5INO/c1-3-2-15-5(7(9)10)6(4(3)14)16-8(11,12)13/h2,7H,1H3. The normalized spacial score (nSPS) is 12.0. The molecule has 16 heavy (non-hydrogen) atoms. The van der Waals surface area contributed by atoms with E-state index in [1.54, 1.807) is 0 Å². The lowest BCUT2D eigenvalue weighted by Crippen LogP contribution is -2.19. The van der Waals surface area contributed by atoms with Crippen LogP contribution >= 0.6 is 22.6 Å². The first kappa shape index (κ1) is 13.4. The van der Waals surface area contributed by atoms with E-state index < -0.39 is 24.2 Å². The van der Waals surface area contributed by atoms with Crippen LogP contribution < -0.4 is 4.74 Å². The van der Waals surface area contributed by atoms with Crippen LogP contribution in [0.25, 0.3) is 0 Å². The quantitative estimate of drug-likeness (QED) is 0.596. The molecule has 2 nitrogen and oxygen atoms in total. The van der Waals surface area contributed by atoms with Gasteiger partial charge in [0.2, 0.25) is 0 Å². The molecule has 0 N–H and O–H groups in total. The van der Waals surface area contributed by atoms with Crippen molar-refractivity contribution in [2.24, 2.45) is 0 Å². The summed E-state index contributed by atoms with van der Waals surface area (Å²) in [5.41, 5.74) is -0.670. The Kier molecular flexibility index (Phi) is 3.92. The van der Waals surface area contributed by atoms with Gasteiger partial charge in [-0.05, 0) is 35.1 Å². The minimum Gasteiger partial charge on any atom is -0.402 e. The summed E-state index contributed by atoms with van der Waals surface area (Å²) in [7, 11) is 0. The van der Waals surface area contributed by atoms with Crippen LogP contribution in [-0.2, 0) is 0 Å². The fourth-order valence-electron chi connectivity index (χ4n) is 0.941. The molecule has 0 aliphatic heterocycles. The number of aryl methyl sites for hydroxylation is 1. The number of aromatic nitrogens is 1. The Morgan fingerprint density at radius 3 is 2.38 bits per heavy atom. The minimum absolute atomic E-state index is 0.0276. The molecule has 0 bridgehead atoms. The number of ether oxygens (including phenoxy) is 1. The zero-order valence-corrected chi connectivity index (χ0v) is 9.94. The molecule has 90 valence electrons. The van der Waals surface area contributed by atoms with Crippen molar-refractivity contribution in [1.82, 2.24) is 4.98 Å². The van der Waals surface area contributed by atoms with E-state index in [-0.39, 0.29) is 3.57 Å². The number of nitrogens with zero attached hydrogens (tertiary/aromatic N) is 1. The molecule has 0 aromatic carbocycles. The highest BCUT2D eigenvalue weighted by molar-refractivity contribution is 14.1. The Bertz CT molecular complexity index is 393. The van der Waals surface area contributed by atoms with E-state index in [1.165, 1.54) is 29.5 Å². The van der Waals surface area contributed by atoms with E-state index in [0.29, 0.717) is 5.56 Å². The highest BCUT2D eigenvalue weighted by Crippen LogP contribution is 2.36. The average molecular weight is 353 g/mol. The van der Waals surface area contributed by atoms with Gasteiger partial charge in [-0.15, -0.1) is 13.2 Å². The van der Waals surface area contributed by atoms with E-state index in [0.717, 1.165) is 6.20 Å². The van der Waals surface area contributed by atoms with E-state index in [9.17, 15) is 22.0 Å². The zero-order chi connectivity index (χ0) is 12.5. The Balaban J connectivity index is 3.26. The monoisotopic (exact) mass is 353 g/mol. The summed E-state index contributed by atoms with van der Waals surface area (Å²) >= 11 is 1.51. The summed E-state index contributed by atoms with van der Waals surface area (Å²) in [5, 5.41) is 0. The molecule has 0 spiro atoms. The van der Waals surface area contributed by atoms with Crippen molar-refractivity contribution in [2.45, 2.75) is 19.7 Å². The molecule has 0 amide bonds. The molecular weight excluding hydrogens is 348 g/mol. The highest BCUT2D eigenvalue weighted by Gasteiger charge is 2.35. The van der Waals surface area contributed by atoms with E-state index in [2.05, 4.69) is 9.72 Å². The molecule has 1 aromatic heterocycles. The lowest BCUT2D eigenvalue weighted by Gasteiger charge is -2.14. The second kappa shape index (κ2) is 4.68. The third kappa shape index (κ3) is 3.16. The smallest absolute Gasteiger partial charge is 0.402 e. The largest absolute Gasteiger partial charge is 0.573 e. The molecular formula is C8H5F5INO. The van der Waals surface area contributed by atoms with Crippen molar-refractivity contribution >= 4 is 22.6 Å². The van der Waals surface area contributed by atoms with Crippen LogP contribution in [0.15, 0.2) is 6.20 Å². The molecule has 0 aliphatic rings. The number of hydrogen-bond acceptors (Lipinski definition) is 2. The molecule has 0 unspecified atom stereocenters. The van der Waals surface area contributed by atoms with Crippen molar-refractivity contribution in [3.05, 3.63) is 21.0 Å². The Labute approximate surface area is 101 Å². The topological polar surface area (TPSA) is 22.1 Å². The molecule has 0 radical (unpaired) electrons. The maximum Gasteiger partial charge on any atom is 0.573 e. The van der Waals surface area contributed by atoms with Crippen LogP contribution in [0, 0.1) is 10.5 Å². The van der Waals surface area contributed by atoms with E-state index >= 15 is 0 Å². The number of halogens is 6. The van der Waals surface area contributed by atoms with Crippen LogP contribution in [0.4, 0.5) is 22.0 Å². The SMILES string of the molecule is Cc1cnc(C(F)F)c(OC(F)(F)F)c1I. The summed E-state index contributed by atoms with van der Waals surface area (Å²) in [5.74, 6) is -0.928. The summed E-state index contributed by atoms with van der Waals surface area (Å²) in [6, 6.07) is 0. The Morgan fingerprint density at radius 2 is 1.94 bits per heavy atom. The van der Waals surface area contributed by atoms with Crippen LogP contribution in [-0.4, -0.2) is 11.3 Å². The first-order chi connectivity index (χ1) is 7.22. The number of rotatable bonds is 2. The summed E-state index contributed by atoms with van der Waals surface area (Å²) in [4.78, 5) is 3.24. The third-order valence-corrected chi connectivity index (χ3v) is 2.94. The second-order valence-electron chi connectivity index (χ2n) is 2.82. The van der Waals surface area contributed by atoms with Gasteiger partial charge >= 0.3 is 6.36 Å². The van der Waals surface area contributed by atoms with Crippen molar-refractivity contribution in [2.75, 3.05) is 0 Å². The van der Waals surface area contributed by atoms with Gasteiger partial charge in [0.05, 0.1) is 3.57 Å². The van der Waals surface area contributed by atoms with Gasteiger partial charge in [0, 0.05) is 6.20 Å². The summed E-state index contributed by atoms with van der Waals surface area (Å²) in [6.07, 6.45) is -7.06. The lowest BCUT2D eigenvalue weighted by atomic mass is 10.2. The van der Waals surface area contributed by atoms with E-state index in [1.807, 2.05) is 0 Å². The van der Waals surface area contributed by atoms with Gasteiger partial charge in [-0.25, -0.2) is 8.78 Å². The van der Waals surface area contributed by atoms with Gasteiger partial charge in [-0.3, -0.25) is 4.98 Å².